The van der Waals surface area contributed by atoms with E-state index < -0.39 is 11.4 Å². The molecule has 2 heterocycles. The number of carboxylic acid groups (broad SMARTS) is 1. The molecule has 0 aliphatic rings. The first-order valence-corrected chi connectivity index (χ1v) is 4.57. The molecule has 0 bridgehead atoms. The van der Waals surface area contributed by atoms with Gasteiger partial charge >= 0.3 is 5.97 Å². The fraction of sp³-hybridized carbons (Fsp3) is 0.0909. The molecule has 0 spiro atoms. The smallest absolute Gasteiger partial charge is 0.341 e. The third kappa shape index (κ3) is 1.63. The fourth-order valence-electron chi connectivity index (χ4n) is 1.47. The number of carbonyl (C=O) groups is 1. The predicted octanol–water partition coefficient (Wildman–Crippen LogP) is 1.34. The SMILES string of the molecule is Cn1cc(C(=O)O)c(=O)c(-c2ccco2)c1. The van der Waals surface area contributed by atoms with E-state index in [0.29, 0.717) is 5.76 Å². The van der Waals surface area contributed by atoms with E-state index in [9.17, 15) is 9.59 Å². The number of rotatable bonds is 2. The zero-order chi connectivity index (χ0) is 11.7. The average molecular weight is 219 g/mol. The molecule has 0 unspecified atom stereocenters. The molecule has 5 heteroatoms. The van der Waals surface area contributed by atoms with Crippen LogP contribution in [0.5, 0.6) is 0 Å². The summed E-state index contributed by atoms with van der Waals surface area (Å²) in [6, 6.07) is 3.25. The number of pyridine rings is 1. The maximum absolute atomic E-state index is 11.8. The molecule has 0 aliphatic heterocycles. The molecule has 5 nitrogen and oxygen atoms in total. The molecule has 0 radical (unpaired) electrons. The zero-order valence-corrected chi connectivity index (χ0v) is 8.51. The van der Waals surface area contributed by atoms with Gasteiger partial charge in [0.2, 0.25) is 5.43 Å². The van der Waals surface area contributed by atoms with Crippen molar-refractivity contribution < 1.29 is 14.3 Å². The third-order valence-electron chi connectivity index (χ3n) is 2.17. The van der Waals surface area contributed by atoms with Crippen LogP contribution in [-0.2, 0) is 7.05 Å². The molecule has 16 heavy (non-hydrogen) atoms. The van der Waals surface area contributed by atoms with Crippen molar-refractivity contribution in [3.8, 4) is 11.3 Å². The van der Waals surface area contributed by atoms with Crippen molar-refractivity contribution in [3.05, 3.63) is 46.6 Å². The minimum atomic E-state index is -1.24. The van der Waals surface area contributed by atoms with E-state index in [1.807, 2.05) is 0 Å². The summed E-state index contributed by atoms with van der Waals surface area (Å²) < 4.78 is 6.60. The molecule has 2 aromatic rings. The average Bonchev–Trinajstić information content (AvgIpc) is 2.73. The Balaban J connectivity index is 2.72. The molecule has 0 saturated heterocycles. The highest BCUT2D eigenvalue weighted by Crippen LogP contribution is 2.15. The molecule has 0 aromatic carbocycles. The lowest BCUT2D eigenvalue weighted by atomic mass is 10.1. The molecule has 2 aromatic heterocycles. The topological polar surface area (TPSA) is 72.4 Å². The van der Waals surface area contributed by atoms with Crippen molar-refractivity contribution in [2.45, 2.75) is 0 Å². The zero-order valence-electron chi connectivity index (χ0n) is 8.51. The molecule has 82 valence electrons. The standard InChI is InChI=1S/C11H9NO4/c1-12-5-7(9-3-2-4-16-9)10(13)8(6-12)11(14)15/h2-6H,1H3,(H,14,15). The third-order valence-corrected chi connectivity index (χ3v) is 2.17. The Kier molecular flexibility index (Phi) is 2.36. The van der Waals surface area contributed by atoms with Gasteiger partial charge in [-0.05, 0) is 12.1 Å². The largest absolute Gasteiger partial charge is 0.477 e. The minimum absolute atomic E-state index is 0.243. The fourth-order valence-corrected chi connectivity index (χ4v) is 1.47. The maximum atomic E-state index is 11.8. The van der Waals surface area contributed by atoms with Crippen LogP contribution in [-0.4, -0.2) is 15.6 Å². The molecule has 0 amide bonds. The number of aromatic carboxylic acids is 1. The van der Waals surface area contributed by atoms with Crippen LogP contribution in [0, 0.1) is 0 Å². The molecule has 2 rings (SSSR count). The second kappa shape index (κ2) is 3.69. The highest BCUT2D eigenvalue weighted by molar-refractivity contribution is 5.88. The van der Waals surface area contributed by atoms with Gasteiger partial charge in [-0.25, -0.2) is 4.79 Å². The summed E-state index contributed by atoms with van der Waals surface area (Å²) in [4.78, 5) is 22.7. The Morgan fingerprint density at radius 2 is 2.19 bits per heavy atom. The Hall–Kier alpha value is -2.30. The number of hydrogen-bond acceptors (Lipinski definition) is 3. The first-order chi connectivity index (χ1) is 7.59. The van der Waals surface area contributed by atoms with Gasteiger partial charge in [0, 0.05) is 19.4 Å². The maximum Gasteiger partial charge on any atom is 0.341 e. The molecule has 0 aliphatic carbocycles. The van der Waals surface area contributed by atoms with Crippen LogP contribution in [0.25, 0.3) is 11.3 Å². The predicted molar refractivity (Wildman–Crippen MR) is 56.3 cm³/mol. The second-order valence-electron chi connectivity index (χ2n) is 3.36. The van der Waals surface area contributed by atoms with E-state index >= 15 is 0 Å². The first kappa shape index (κ1) is 10.2. The highest BCUT2D eigenvalue weighted by atomic mass is 16.4. The van der Waals surface area contributed by atoms with Crippen LogP contribution < -0.4 is 5.43 Å². The summed E-state index contributed by atoms with van der Waals surface area (Å²) in [6.07, 6.45) is 4.24. The molecule has 1 N–H and O–H groups in total. The van der Waals surface area contributed by atoms with Gasteiger partial charge in [-0.1, -0.05) is 0 Å². The van der Waals surface area contributed by atoms with Crippen LogP contribution in [0.3, 0.4) is 0 Å². The van der Waals surface area contributed by atoms with E-state index in [1.54, 1.807) is 19.2 Å². The van der Waals surface area contributed by atoms with E-state index in [-0.39, 0.29) is 11.1 Å². The van der Waals surface area contributed by atoms with Crippen molar-refractivity contribution in [2.24, 2.45) is 7.05 Å². The van der Waals surface area contributed by atoms with Gasteiger partial charge in [0.25, 0.3) is 0 Å². The van der Waals surface area contributed by atoms with Crippen molar-refractivity contribution in [1.29, 1.82) is 0 Å². The van der Waals surface area contributed by atoms with E-state index in [4.69, 9.17) is 9.52 Å². The van der Waals surface area contributed by atoms with Crippen molar-refractivity contribution >= 4 is 5.97 Å². The van der Waals surface area contributed by atoms with Gasteiger partial charge in [-0.3, -0.25) is 4.79 Å². The molecule has 0 saturated carbocycles. The first-order valence-electron chi connectivity index (χ1n) is 4.57. The summed E-state index contributed by atoms with van der Waals surface area (Å²) in [5.74, 6) is -0.877. The van der Waals surface area contributed by atoms with Gasteiger partial charge in [-0.15, -0.1) is 0 Å². The van der Waals surface area contributed by atoms with Crippen LogP contribution in [0.2, 0.25) is 0 Å². The number of carboxylic acids is 1. The van der Waals surface area contributed by atoms with Crippen LogP contribution in [0.15, 0.2) is 40.0 Å². The van der Waals surface area contributed by atoms with Crippen molar-refractivity contribution in [1.82, 2.24) is 4.57 Å². The van der Waals surface area contributed by atoms with Crippen LogP contribution in [0.4, 0.5) is 0 Å². The number of furan rings is 1. The van der Waals surface area contributed by atoms with Crippen molar-refractivity contribution in [3.63, 3.8) is 0 Å². The van der Waals surface area contributed by atoms with Crippen molar-refractivity contribution in [2.75, 3.05) is 0 Å². The Morgan fingerprint density at radius 3 is 2.75 bits per heavy atom. The van der Waals surface area contributed by atoms with Gasteiger partial charge in [0.1, 0.15) is 11.3 Å². The Labute approximate surface area is 90.6 Å². The minimum Gasteiger partial charge on any atom is -0.477 e. The Bertz CT molecular complexity index is 581. The van der Waals surface area contributed by atoms with E-state index in [2.05, 4.69) is 0 Å². The van der Waals surface area contributed by atoms with Gasteiger partial charge < -0.3 is 14.1 Å². The lowest BCUT2D eigenvalue weighted by Gasteiger charge is -2.03. The van der Waals surface area contributed by atoms with Gasteiger partial charge in [-0.2, -0.15) is 0 Å². The van der Waals surface area contributed by atoms with Gasteiger partial charge in [0.05, 0.1) is 11.8 Å². The summed E-state index contributed by atoms with van der Waals surface area (Å²) in [5, 5.41) is 8.87. The summed E-state index contributed by atoms with van der Waals surface area (Å²) in [6.45, 7) is 0. The number of hydrogen-bond donors (Lipinski definition) is 1. The summed E-state index contributed by atoms with van der Waals surface area (Å²) in [5.41, 5.74) is -0.565. The molecular formula is C11H9NO4. The van der Waals surface area contributed by atoms with Crippen LogP contribution in [0.1, 0.15) is 10.4 Å². The Morgan fingerprint density at radius 1 is 1.44 bits per heavy atom. The number of nitrogens with zero attached hydrogens (tertiary/aromatic N) is 1. The number of aryl methyl sites for hydroxylation is 1. The highest BCUT2D eigenvalue weighted by Gasteiger charge is 2.15. The quantitative estimate of drug-likeness (QED) is 0.827. The monoisotopic (exact) mass is 219 g/mol. The van der Waals surface area contributed by atoms with Crippen LogP contribution >= 0.6 is 0 Å². The van der Waals surface area contributed by atoms with E-state index in [1.165, 1.54) is 23.2 Å². The molecular weight excluding hydrogens is 210 g/mol. The number of aromatic nitrogens is 1. The second-order valence-corrected chi connectivity index (χ2v) is 3.36. The molecule has 0 atom stereocenters. The lowest BCUT2D eigenvalue weighted by Crippen LogP contribution is -2.18. The lowest BCUT2D eigenvalue weighted by molar-refractivity contribution is 0.0694. The summed E-state index contributed by atoms with van der Waals surface area (Å²) >= 11 is 0. The molecule has 0 fully saturated rings. The van der Waals surface area contributed by atoms with E-state index in [0.717, 1.165) is 0 Å². The van der Waals surface area contributed by atoms with Gasteiger partial charge in [0.15, 0.2) is 0 Å². The summed E-state index contributed by atoms with van der Waals surface area (Å²) in [7, 11) is 1.65. The normalized spacial score (nSPS) is 10.3.